The van der Waals surface area contributed by atoms with E-state index in [-0.39, 0.29) is 0 Å². The van der Waals surface area contributed by atoms with Crippen LogP contribution in [0.5, 0.6) is 0 Å². The number of nitrogens with one attached hydrogen (secondary N) is 1. The SMILES string of the molecule is Cc1ccc2c(c1)c1c3n2CCC[NH+](Cc2ccoc2)[C@@H]3CCC1. The first-order valence-corrected chi connectivity index (χ1v) is 9.28. The highest BCUT2D eigenvalue weighted by molar-refractivity contribution is 5.86. The number of quaternary nitrogens is 1. The molecular weight excluding hydrogens is 296 g/mol. The molecule has 5 rings (SSSR count). The number of hydrogen-bond donors (Lipinski definition) is 1. The summed E-state index contributed by atoms with van der Waals surface area (Å²) in [5.41, 5.74) is 7.44. The van der Waals surface area contributed by atoms with E-state index in [4.69, 9.17) is 4.42 Å². The number of benzene rings is 1. The summed E-state index contributed by atoms with van der Waals surface area (Å²) >= 11 is 0. The van der Waals surface area contributed by atoms with Crippen LogP contribution in [-0.2, 0) is 19.5 Å². The lowest BCUT2D eigenvalue weighted by Gasteiger charge is -2.30. The van der Waals surface area contributed by atoms with Crippen LogP contribution in [0.1, 0.15) is 47.7 Å². The van der Waals surface area contributed by atoms with Gasteiger partial charge in [0.15, 0.2) is 0 Å². The maximum Gasteiger partial charge on any atom is 0.129 e. The summed E-state index contributed by atoms with van der Waals surface area (Å²) in [6.45, 7) is 5.72. The van der Waals surface area contributed by atoms with Gasteiger partial charge in [0.05, 0.1) is 24.8 Å². The average molecular weight is 321 g/mol. The zero-order valence-electron chi connectivity index (χ0n) is 14.3. The first-order valence-electron chi connectivity index (χ1n) is 9.28. The molecule has 0 amide bonds. The third kappa shape index (κ3) is 2.15. The molecule has 0 spiro atoms. The molecule has 2 aliphatic rings. The van der Waals surface area contributed by atoms with Crippen molar-refractivity contribution in [2.24, 2.45) is 0 Å². The van der Waals surface area contributed by atoms with Crippen molar-refractivity contribution in [3.8, 4) is 0 Å². The van der Waals surface area contributed by atoms with Gasteiger partial charge in [0, 0.05) is 35.9 Å². The fourth-order valence-electron chi connectivity index (χ4n) is 4.98. The van der Waals surface area contributed by atoms with Gasteiger partial charge in [0.25, 0.3) is 0 Å². The molecule has 3 aromatic rings. The Balaban J connectivity index is 1.64. The van der Waals surface area contributed by atoms with E-state index in [2.05, 4.69) is 35.8 Å². The van der Waals surface area contributed by atoms with Crippen LogP contribution in [-0.4, -0.2) is 11.1 Å². The topological polar surface area (TPSA) is 22.5 Å². The first-order chi connectivity index (χ1) is 11.8. The zero-order valence-corrected chi connectivity index (χ0v) is 14.3. The lowest BCUT2D eigenvalue weighted by Crippen LogP contribution is -3.11. The van der Waals surface area contributed by atoms with E-state index in [1.807, 2.05) is 6.26 Å². The predicted octanol–water partition coefficient (Wildman–Crippen LogP) is 3.41. The van der Waals surface area contributed by atoms with E-state index in [1.165, 1.54) is 60.8 Å². The Morgan fingerprint density at radius 1 is 1.25 bits per heavy atom. The standard InChI is InChI=1S/C21H24N2O/c1-15-6-7-19-18(12-15)17-4-2-5-20-21(17)23(19)10-3-9-22(20)13-16-8-11-24-14-16/h6-8,11-12,14,20H,2-5,9-10,13H2,1H3/p+1/t20-/m1/s1. The molecule has 124 valence electrons. The van der Waals surface area contributed by atoms with E-state index in [0.29, 0.717) is 6.04 Å². The molecule has 0 fully saturated rings. The van der Waals surface area contributed by atoms with E-state index < -0.39 is 0 Å². The van der Waals surface area contributed by atoms with Gasteiger partial charge in [-0.2, -0.15) is 0 Å². The van der Waals surface area contributed by atoms with E-state index >= 15 is 0 Å². The van der Waals surface area contributed by atoms with Gasteiger partial charge in [-0.1, -0.05) is 11.6 Å². The van der Waals surface area contributed by atoms with E-state index in [1.54, 1.807) is 22.4 Å². The van der Waals surface area contributed by atoms with Crippen LogP contribution in [0.15, 0.2) is 41.2 Å². The Bertz CT molecular complexity index is 871. The van der Waals surface area contributed by atoms with Crippen molar-refractivity contribution in [1.82, 2.24) is 4.57 Å². The molecule has 2 aromatic heterocycles. The van der Waals surface area contributed by atoms with Gasteiger partial charge in [-0.05, 0) is 43.5 Å². The van der Waals surface area contributed by atoms with Crippen LogP contribution >= 0.6 is 0 Å². The summed E-state index contributed by atoms with van der Waals surface area (Å²) in [4.78, 5) is 1.72. The molecule has 24 heavy (non-hydrogen) atoms. The smallest absolute Gasteiger partial charge is 0.129 e. The van der Waals surface area contributed by atoms with Crippen molar-refractivity contribution in [3.63, 3.8) is 0 Å². The first kappa shape index (κ1) is 14.4. The minimum absolute atomic E-state index is 0.638. The molecule has 0 saturated heterocycles. The Hall–Kier alpha value is -2.00. The molecule has 0 radical (unpaired) electrons. The highest BCUT2D eigenvalue weighted by Crippen LogP contribution is 2.37. The second-order valence-corrected chi connectivity index (χ2v) is 7.55. The zero-order chi connectivity index (χ0) is 16.1. The van der Waals surface area contributed by atoms with Crippen molar-refractivity contribution in [1.29, 1.82) is 0 Å². The number of aryl methyl sites for hydroxylation is 3. The van der Waals surface area contributed by atoms with Crippen molar-refractivity contribution in [2.75, 3.05) is 6.54 Å². The fraction of sp³-hybridized carbons (Fsp3) is 0.429. The third-order valence-corrected chi connectivity index (χ3v) is 6.00. The van der Waals surface area contributed by atoms with Crippen LogP contribution in [0.25, 0.3) is 10.9 Å². The predicted molar refractivity (Wildman–Crippen MR) is 95.2 cm³/mol. The second kappa shape index (κ2) is 5.52. The van der Waals surface area contributed by atoms with Gasteiger partial charge in [-0.3, -0.25) is 0 Å². The van der Waals surface area contributed by atoms with Gasteiger partial charge in [-0.15, -0.1) is 0 Å². The average Bonchev–Trinajstić information content (AvgIpc) is 3.15. The summed E-state index contributed by atoms with van der Waals surface area (Å²) in [6.07, 6.45) is 8.86. The highest BCUT2D eigenvalue weighted by atomic mass is 16.3. The largest absolute Gasteiger partial charge is 0.472 e. The Labute approximate surface area is 142 Å². The Kier molecular flexibility index (Phi) is 3.30. The summed E-state index contributed by atoms with van der Waals surface area (Å²) in [5, 5.41) is 1.51. The monoisotopic (exact) mass is 321 g/mol. The molecule has 0 bridgehead atoms. The number of aromatic nitrogens is 1. The van der Waals surface area contributed by atoms with Crippen molar-refractivity contribution in [3.05, 3.63) is 59.2 Å². The van der Waals surface area contributed by atoms with E-state index in [9.17, 15) is 0 Å². The Morgan fingerprint density at radius 2 is 2.21 bits per heavy atom. The van der Waals surface area contributed by atoms with Gasteiger partial charge in [-0.25, -0.2) is 0 Å². The summed E-state index contributed by atoms with van der Waals surface area (Å²) < 4.78 is 7.96. The third-order valence-electron chi connectivity index (χ3n) is 6.00. The summed E-state index contributed by atoms with van der Waals surface area (Å²) in [7, 11) is 0. The molecule has 1 N–H and O–H groups in total. The lowest BCUT2D eigenvalue weighted by atomic mass is 9.90. The van der Waals surface area contributed by atoms with Gasteiger partial charge >= 0.3 is 0 Å². The molecular formula is C21H25N2O+. The molecule has 2 atom stereocenters. The van der Waals surface area contributed by atoms with Crippen molar-refractivity contribution < 1.29 is 9.32 Å². The number of rotatable bonds is 2. The number of nitrogens with zero attached hydrogens (tertiary/aromatic N) is 1. The maximum absolute atomic E-state index is 5.31. The molecule has 0 saturated carbocycles. The van der Waals surface area contributed by atoms with E-state index in [0.717, 1.165) is 6.54 Å². The molecule has 3 nitrogen and oxygen atoms in total. The normalized spacial score (nSPS) is 23.2. The van der Waals surface area contributed by atoms with Crippen LogP contribution in [0.4, 0.5) is 0 Å². The number of fused-ring (bicyclic) bond motifs is 3. The van der Waals surface area contributed by atoms with Gasteiger partial charge < -0.3 is 13.9 Å². The molecule has 3 heterocycles. The van der Waals surface area contributed by atoms with Crippen LogP contribution < -0.4 is 4.90 Å². The van der Waals surface area contributed by atoms with Gasteiger partial charge in [0.1, 0.15) is 12.6 Å². The summed E-state index contributed by atoms with van der Waals surface area (Å²) in [5.74, 6) is 0. The molecule has 1 aliphatic carbocycles. The van der Waals surface area contributed by atoms with Crippen LogP contribution in [0.2, 0.25) is 0 Å². The van der Waals surface area contributed by atoms with Gasteiger partial charge in [0.2, 0.25) is 0 Å². The van der Waals surface area contributed by atoms with Crippen molar-refractivity contribution in [2.45, 2.75) is 51.7 Å². The van der Waals surface area contributed by atoms with Crippen LogP contribution in [0.3, 0.4) is 0 Å². The second-order valence-electron chi connectivity index (χ2n) is 7.55. The lowest BCUT2D eigenvalue weighted by molar-refractivity contribution is -0.945. The number of hydrogen-bond acceptors (Lipinski definition) is 1. The minimum Gasteiger partial charge on any atom is -0.472 e. The summed E-state index contributed by atoms with van der Waals surface area (Å²) in [6, 6.07) is 9.79. The van der Waals surface area contributed by atoms with Crippen LogP contribution in [0, 0.1) is 6.92 Å². The molecule has 1 unspecified atom stereocenters. The maximum atomic E-state index is 5.31. The fourth-order valence-corrected chi connectivity index (χ4v) is 4.98. The molecule has 3 heteroatoms. The van der Waals surface area contributed by atoms with Crippen molar-refractivity contribution >= 4 is 10.9 Å². The minimum atomic E-state index is 0.638. The number of furan rings is 1. The quantitative estimate of drug-likeness (QED) is 0.768. The highest BCUT2D eigenvalue weighted by Gasteiger charge is 2.36. The molecule has 1 aliphatic heterocycles. The molecule has 1 aromatic carbocycles. The Morgan fingerprint density at radius 3 is 3.08 bits per heavy atom.